The average molecular weight is 329 g/mol. The normalized spacial score (nSPS) is 16.2. The first-order valence-electron chi connectivity index (χ1n) is 7.82. The summed E-state index contributed by atoms with van der Waals surface area (Å²) in [5, 5.41) is 13.3. The summed E-state index contributed by atoms with van der Waals surface area (Å²) in [4.78, 5) is 24.4. The number of hydrogen-bond acceptors (Lipinski definition) is 5. The number of nitrogens with one attached hydrogen (secondary N) is 2. The van der Waals surface area contributed by atoms with E-state index in [0.29, 0.717) is 19.7 Å². The van der Waals surface area contributed by atoms with Crippen LogP contribution in [-0.2, 0) is 13.1 Å². The van der Waals surface area contributed by atoms with E-state index in [9.17, 15) is 9.59 Å². The summed E-state index contributed by atoms with van der Waals surface area (Å²) in [6, 6.07) is 7.43. The molecule has 0 spiro atoms. The molecule has 3 rings (SSSR count). The minimum Gasteiger partial charge on any atom is -0.494 e. The highest BCUT2D eigenvalue weighted by atomic mass is 16.5. The predicted molar refractivity (Wildman–Crippen MR) is 85.7 cm³/mol. The van der Waals surface area contributed by atoms with Gasteiger partial charge in [-0.3, -0.25) is 9.59 Å². The van der Waals surface area contributed by atoms with Crippen molar-refractivity contribution in [3.8, 4) is 5.75 Å². The second-order valence-electron chi connectivity index (χ2n) is 5.61. The third-order valence-electron chi connectivity index (χ3n) is 3.65. The fourth-order valence-corrected chi connectivity index (χ4v) is 2.59. The fourth-order valence-electron chi connectivity index (χ4n) is 2.59. The van der Waals surface area contributed by atoms with Crippen LogP contribution < -0.4 is 15.4 Å². The van der Waals surface area contributed by atoms with Gasteiger partial charge >= 0.3 is 0 Å². The molecule has 2 amide bonds. The van der Waals surface area contributed by atoms with Crippen LogP contribution in [0.15, 0.2) is 24.3 Å². The zero-order chi connectivity index (χ0) is 17.1. The lowest BCUT2D eigenvalue weighted by atomic mass is 10.2. The standard InChI is InChI=1S/C16H19N5O3/c1-3-24-12-6-4-5-11(7-12)8-17-15(22)13-14-16(23)18-10(2)9-21(14)20-19-13/h4-7,10H,3,8-9H2,1-2H3,(H,17,22)(H,18,23)/t10-/m0/s1. The first kappa shape index (κ1) is 16.0. The number of nitrogens with zero attached hydrogens (tertiary/aromatic N) is 3. The average Bonchev–Trinajstić information content (AvgIpc) is 2.97. The summed E-state index contributed by atoms with van der Waals surface area (Å²) >= 11 is 0. The highest BCUT2D eigenvalue weighted by Gasteiger charge is 2.30. The molecule has 2 N–H and O–H groups in total. The van der Waals surface area contributed by atoms with Crippen LogP contribution in [0.2, 0.25) is 0 Å². The van der Waals surface area contributed by atoms with Gasteiger partial charge in [0.2, 0.25) is 0 Å². The van der Waals surface area contributed by atoms with Crippen LogP contribution in [0.3, 0.4) is 0 Å². The van der Waals surface area contributed by atoms with Crippen molar-refractivity contribution in [1.29, 1.82) is 0 Å². The molecule has 1 atom stereocenters. The first-order valence-corrected chi connectivity index (χ1v) is 7.82. The van der Waals surface area contributed by atoms with E-state index >= 15 is 0 Å². The first-order chi connectivity index (χ1) is 11.6. The van der Waals surface area contributed by atoms with Gasteiger partial charge in [0.1, 0.15) is 5.75 Å². The summed E-state index contributed by atoms with van der Waals surface area (Å²) in [5.74, 6) is -0.0105. The van der Waals surface area contributed by atoms with Crippen molar-refractivity contribution in [1.82, 2.24) is 25.6 Å². The number of aromatic nitrogens is 3. The van der Waals surface area contributed by atoms with Gasteiger partial charge < -0.3 is 15.4 Å². The molecule has 0 bridgehead atoms. The van der Waals surface area contributed by atoms with E-state index < -0.39 is 5.91 Å². The van der Waals surface area contributed by atoms with E-state index in [-0.39, 0.29) is 23.3 Å². The number of ether oxygens (including phenoxy) is 1. The minimum absolute atomic E-state index is 0.0380. The number of fused-ring (bicyclic) bond motifs is 1. The Morgan fingerprint density at radius 2 is 2.33 bits per heavy atom. The van der Waals surface area contributed by atoms with Gasteiger partial charge in [0.15, 0.2) is 11.4 Å². The molecule has 0 unspecified atom stereocenters. The number of carbonyl (C=O) groups excluding carboxylic acids is 2. The molecule has 0 radical (unpaired) electrons. The lowest BCUT2D eigenvalue weighted by Crippen LogP contribution is -2.43. The molecule has 0 saturated heterocycles. The summed E-state index contributed by atoms with van der Waals surface area (Å²) in [6.07, 6.45) is 0. The molecular formula is C16H19N5O3. The summed E-state index contributed by atoms with van der Waals surface area (Å²) in [7, 11) is 0. The van der Waals surface area contributed by atoms with Crippen LogP contribution in [0.5, 0.6) is 5.75 Å². The number of hydrogen-bond donors (Lipinski definition) is 2. The molecule has 126 valence electrons. The monoisotopic (exact) mass is 329 g/mol. The Balaban J connectivity index is 1.70. The molecule has 2 heterocycles. The molecule has 24 heavy (non-hydrogen) atoms. The van der Waals surface area contributed by atoms with Gasteiger partial charge in [-0.2, -0.15) is 0 Å². The second kappa shape index (κ2) is 6.69. The number of amides is 2. The number of carbonyl (C=O) groups is 2. The zero-order valence-corrected chi connectivity index (χ0v) is 13.6. The van der Waals surface area contributed by atoms with Gasteiger partial charge in [-0.15, -0.1) is 5.10 Å². The zero-order valence-electron chi connectivity index (χ0n) is 13.6. The number of rotatable bonds is 5. The Morgan fingerprint density at radius 3 is 3.12 bits per heavy atom. The van der Waals surface area contributed by atoms with Crippen molar-refractivity contribution in [3.63, 3.8) is 0 Å². The number of benzene rings is 1. The highest BCUT2D eigenvalue weighted by Crippen LogP contribution is 2.14. The maximum atomic E-state index is 12.4. The van der Waals surface area contributed by atoms with Gasteiger partial charge in [-0.25, -0.2) is 4.68 Å². The molecule has 1 aliphatic rings. The van der Waals surface area contributed by atoms with Gasteiger partial charge in [0.05, 0.1) is 13.2 Å². The van der Waals surface area contributed by atoms with Crippen molar-refractivity contribution < 1.29 is 14.3 Å². The Bertz CT molecular complexity index is 771. The molecule has 8 heteroatoms. The molecule has 0 fully saturated rings. The van der Waals surface area contributed by atoms with E-state index in [1.54, 1.807) is 0 Å². The third kappa shape index (κ3) is 3.22. The van der Waals surface area contributed by atoms with Crippen molar-refractivity contribution in [2.75, 3.05) is 6.61 Å². The van der Waals surface area contributed by atoms with Gasteiger partial charge in [0.25, 0.3) is 11.8 Å². The van der Waals surface area contributed by atoms with Crippen molar-refractivity contribution in [2.45, 2.75) is 33.0 Å². The Kier molecular flexibility index (Phi) is 4.45. The van der Waals surface area contributed by atoms with E-state index in [1.165, 1.54) is 4.68 Å². The Morgan fingerprint density at radius 1 is 1.50 bits per heavy atom. The van der Waals surface area contributed by atoms with Gasteiger partial charge in [-0.1, -0.05) is 17.3 Å². The topological polar surface area (TPSA) is 98.1 Å². The smallest absolute Gasteiger partial charge is 0.274 e. The van der Waals surface area contributed by atoms with Crippen LogP contribution in [0.4, 0.5) is 0 Å². The van der Waals surface area contributed by atoms with Crippen LogP contribution in [0.1, 0.15) is 40.4 Å². The van der Waals surface area contributed by atoms with Gasteiger partial charge in [0, 0.05) is 12.6 Å². The SMILES string of the molecule is CCOc1cccc(CNC(=O)c2nnn3c2C(=O)N[C@@H](C)C3)c1. The summed E-state index contributed by atoms with van der Waals surface area (Å²) in [6.45, 7) is 5.17. The van der Waals surface area contributed by atoms with Crippen molar-refractivity contribution in [2.24, 2.45) is 0 Å². The predicted octanol–water partition coefficient (Wildman–Crippen LogP) is 0.739. The van der Waals surface area contributed by atoms with Crippen LogP contribution in [0, 0.1) is 0 Å². The minimum atomic E-state index is -0.428. The highest BCUT2D eigenvalue weighted by molar-refractivity contribution is 6.05. The molecule has 0 saturated carbocycles. The Hall–Kier alpha value is -2.90. The molecule has 2 aromatic rings. The van der Waals surface area contributed by atoms with Crippen LogP contribution in [0.25, 0.3) is 0 Å². The van der Waals surface area contributed by atoms with E-state index in [0.717, 1.165) is 11.3 Å². The molecule has 1 aromatic carbocycles. The lowest BCUT2D eigenvalue weighted by Gasteiger charge is -2.20. The third-order valence-corrected chi connectivity index (χ3v) is 3.65. The van der Waals surface area contributed by atoms with Crippen molar-refractivity contribution in [3.05, 3.63) is 41.2 Å². The van der Waals surface area contributed by atoms with E-state index in [2.05, 4.69) is 20.9 Å². The molecule has 0 aliphatic carbocycles. The Labute approximate surface area is 139 Å². The maximum absolute atomic E-state index is 12.4. The van der Waals surface area contributed by atoms with Crippen molar-refractivity contribution >= 4 is 11.8 Å². The quantitative estimate of drug-likeness (QED) is 0.843. The largest absolute Gasteiger partial charge is 0.494 e. The van der Waals surface area contributed by atoms with Crippen LogP contribution >= 0.6 is 0 Å². The molecular weight excluding hydrogens is 310 g/mol. The van der Waals surface area contributed by atoms with E-state index in [4.69, 9.17) is 4.74 Å². The second-order valence-corrected chi connectivity index (χ2v) is 5.61. The maximum Gasteiger partial charge on any atom is 0.274 e. The fraction of sp³-hybridized carbons (Fsp3) is 0.375. The van der Waals surface area contributed by atoms with Gasteiger partial charge in [-0.05, 0) is 31.5 Å². The molecule has 8 nitrogen and oxygen atoms in total. The summed E-state index contributed by atoms with van der Waals surface area (Å²) < 4.78 is 6.90. The molecule has 1 aliphatic heterocycles. The molecule has 1 aromatic heterocycles. The lowest BCUT2D eigenvalue weighted by molar-refractivity contribution is 0.0880. The van der Waals surface area contributed by atoms with Crippen LogP contribution in [-0.4, -0.2) is 39.5 Å². The summed E-state index contributed by atoms with van der Waals surface area (Å²) in [5.41, 5.74) is 1.14. The van der Waals surface area contributed by atoms with E-state index in [1.807, 2.05) is 38.1 Å².